The molecule has 2 aromatic rings. The van der Waals surface area contributed by atoms with Gasteiger partial charge < -0.3 is 15.1 Å². The van der Waals surface area contributed by atoms with Crippen molar-refractivity contribution in [2.24, 2.45) is 0 Å². The van der Waals surface area contributed by atoms with Crippen LogP contribution in [0.5, 0.6) is 0 Å². The van der Waals surface area contributed by atoms with Crippen molar-refractivity contribution in [1.29, 1.82) is 0 Å². The fourth-order valence-corrected chi connectivity index (χ4v) is 3.19. The highest BCUT2D eigenvalue weighted by Crippen LogP contribution is 2.23. The highest BCUT2D eigenvalue weighted by molar-refractivity contribution is 6.31. The molecule has 27 heavy (non-hydrogen) atoms. The third kappa shape index (κ3) is 5.69. The van der Waals surface area contributed by atoms with Crippen molar-refractivity contribution in [2.45, 2.75) is 32.2 Å². The summed E-state index contributed by atoms with van der Waals surface area (Å²) in [4.78, 5) is 28.8. The molecule has 0 radical (unpaired) electrons. The van der Waals surface area contributed by atoms with Crippen molar-refractivity contribution in [2.75, 3.05) is 13.1 Å². The van der Waals surface area contributed by atoms with Crippen LogP contribution in [0.2, 0.25) is 5.02 Å². The van der Waals surface area contributed by atoms with Gasteiger partial charge in [0.25, 0.3) is 5.91 Å². The maximum Gasteiger partial charge on any atom is 0.349 e. The SMILES string of the molecule is Cc1cc(C2CCCNC2)oc(=O)c1C(=O)NCc1ncccc1Cl.Cl.Cl. The van der Waals surface area contributed by atoms with Crippen molar-refractivity contribution in [3.05, 3.63) is 62.4 Å². The highest BCUT2D eigenvalue weighted by atomic mass is 35.5. The summed E-state index contributed by atoms with van der Waals surface area (Å²) in [6.45, 7) is 3.66. The number of carbonyl (C=O) groups is 1. The maximum atomic E-state index is 12.4. The number of hydrogen-bond donors (Lipinski definition) is 2. The summed E-state index contributed by atoms with van der Waals surface area (Å²) in [5.74, 6) is 0.324. The van der Waals surface area contributed by atoms with Gasteiger partial charge in [0, 0.05) is 18.7 Å². The van der Waals surface area contributed by atoms with Gasteiger partial charge in [-0.25, -0.2) is 4.79 Å². The monoisotopic (exact) mass is 433 g/mol. The molecule has 2 aromatic heterocycles. The van der Waals surface area contributed by atoms with Crippen molar-refractivity contribution in [3.8, 4) is 0 Å². The number of nitrogens with one attached hydrogen (secondary N) is 2. The molecular formula is C18H22Cl3N3O3. The van der Waals surface area contributed by atoms with Crippen LogP contribution in [0.4, 0.5) is 0 Å². The molecule has 1 aliphatic heterocycles. The number of aromatic nitrogens is 1. The summed E-state index contributed by atoms with van der Waals surface area (Å²) >= 11 is 6.02. The average Bonchev–Trinajstić information content (AvgIpc) is 2.61. The smallest absolute Gasteiger partial charge is 0.349 e. The van der Waals surface area contributed by atoms with Crippen LogP contribution >= 0.6 is 36.4 Å². The molecule has 9 heteroatoms. The second kappa shape index (κ2) is 10.7. The largest absolute Gasteiger partial charge is 0.427 e. The molecule has 6 nitrogen and oxygen atoms in total. The Morgan fingerprint density at radius 3 is 2.85 bits per heavy atom. The number of pyridine rings is 1. The first-order valence-corrected chi connectivity index (χ1v) is 8.67. The molecule has 0 aromatic carbocycles. The zero-order valence-electron chi connectivity index (χ0n) is 14.8. The summed E-state index contributed by atoms with van der Waals surface area (Å²) in [6.07, 6.45) is 3.61. The lowest BCUT2D eigenvalue weighted by Gasteiger charge is -2.22. The quantitative estimate of drug-likeness (QED) is 0.772. The zero-order valence-corrected chi connectivity index (χ0v) is 17.2. The van der Waals surface area contributed by atoms with Crippen LogP contribution in [-0.4, -0.2) is 24.0 Å². The van der Waals surface area contributed by atoms with Crippen LogP contribution < -0.4 is 16.3 Å². The minimum Gasteiger partial charge on any atom is -0.427 e. The lowest BCUT2D eigenvalue weighted by molar-refractivity contribution is 0.0945. The standard InChI is InChI=1S/C18H20ClN3O3.2ClH/c1-11-8-15(12-4-2-6-20-9-12)25-18(24)16(11)17(23)22-10-14-13(19)5-3-7-21-14;;/h3,5,7-8,12,20H,2,4,6,9-10H2,1H3,(H,22,23);2*1H. The van der Waals surface area contributed by atoms with Crippen LogP contribution in [-0.2, 0) is 6.54 Å². The molecule has 0 spiro atoms. The molecular weight excluding hydrogens is 413 g/mol. The fraction of sp³-hybridized carbons (Fsp3) is 0.389. The van der Waals surface area contributed by atoms with Gasteiger partial charge >= 0.3 is 5.63 Å². The van der Waals surface area contributed by atoms with Gasteiger partial charge in [-0.1, -0.05) is 11.6 Å². The molecule has 1 unspecified atom stereocenters. The maximum absolute atomic E-state index is 12.4. The van der Waals surface area contributed by atoms with Crippen LogP contribution in [0.15, 0.2) is 33.6 Å². The second-order valence-corrected chi connectivity index (χ2v) is 6.56. The predicted octanol–water partition coefficient (Wildman–Crippen LogP) is 3.24. The van der Waals surface area contributed by atoms with Gasteiger partial charge in [-0.2, -0.15) is 0 Å². The molecule has 2 N–H and O–H groups in total. The molecule has 148 valence electrons. The molecule has 3 rings (SSSR count). The molecule has 0 bridgehead atoms. The van der Waals surface area contributed by atoms with Gasteiger partial charge in [-0.15, -0.1) is 24.8 Å². The van der Waals surface area contributed by atoms with Gasteiger partial charge in [-0.3, -0.25) is 9.78 Å². The minimum absolute atomic E-state index is 0. The molecule has 3 heterocycles. The number of carbonyl (C=O) groups excluding carboxylic acids is 1. The summed E-state index contributed by atoms with van der Waals surface area (Å²) in [5, 5.41) is 6.44. The minimum atomic E-state index is -0.606. The van der Waals surface area contributed by atoms with E-state index >= 15 is 0 Å². The van der Waals surface area contributed by atoms with Crippen molar-refractivity contribution in [1.82, 2.24) is 15.6 Å². The van der Waals surface area contributed by atoms with E-state index in [2.05, 4.69) is 15.6 Å². The topological polar surface area (TPSA) is 84.2 Å². The first-order chi connectivity index (χ1) is 12.1. The summed E-state index contributed by atoms with van der Waals surface area (Å²) < 4.78 is 5.43. The summed E-state index contributed by atoms with van der Waals surface area (Å²) in [5.41, 5.74) is 0.579. The number of piperidine rings is 1. The first-order valence-electron chi connectivity index (χ1n) is 8.29. The summed E-state index contributed by atoms with van der Waals surface area (Å²) in [6, 6.07) is 5.20. The van der Waals surface area contributed by atoms with E-state index < -0.39 is 11.5 Å². The Morgan fingerprint density at radius 2 is 2.22 bits per heavy atom. The van der Waals surface area contributed by atoms with Gasteiger partial charge in [0.05, 0.1) is 17.3 Å². The molecule has 1 atom stereocenters. The summed E-state index contributed by atoms with van der Waals surface area (Å²) in [7, 11) is 0. The van der Waals surface area contributed by atoms with E-state index in [9.17, 15) is 9.59 Å². The molecule has 1 fully saturated rings. The van der Waals surface area contributed by atoms with E-state index in [1.807, 2.05) is 0 Å². The lowest BCUT2D eigenvalue weighted by atomic mass is 9.95. The van der Waals surface area contributed by atoms with E-state index in [0.29, 0.717) is 22.0 Å². The predicted molar refractivity (Wildman–Crippen MR) is 109 cm³/mol. The third-order valence-corrected chi connectivity index (χ3v) is 4.69. The Bertz CT molecular complexity index is 836. The highest BCUT2D eigenvalue weighted by Gasteiger charge is 2.22. The zero-order chi connectivity index (χ0) is 17.8. The van der Waals surface area contributed by atoms with Crippen molar-refractivity contribution < 1.29 is 9.21 Å². The third-order valence-electron chi connectivity index (χ3n) is 4.35. The Labute approximate surface area is 174 Å². The Balaban J connectivity index is 0.00000182. The van der Waals surface area contributed by atoms with E-state index in [0.717, 1.165) is 25.9 Å². The number of aryl methyl sites for hydroxylation is 1. The second-order valence-electron chi connectivity index (χ2n) is 6.15. The molecule has 1 saturated heterocycles. The van der Waals surface area contributed by atoms with Crippen molar-refractivity contribution >= 4 is 42.3 Å². The van der Waals surface area contributed by atoms with Gasteiger partial charge in [0.2, 0.25) is 0 Å². The van der Waals surface area contributed by atoms with Gasteiger partial charge in [0.1, 0.15) is 11.3 Å². The number of halogens is 3. The van der Waals surface area contributed by atoms with E-state index in [4.69, 9.17) is 16.0 Å². The number of nitrogens with zero attached hydrogens (tertiary/aromatic N) is 1. The molecule has 1 amide bonds. The normalized spacial score (nSPS) is 16.0. The molecule has 1 aliphatic rings. The Kier molecular flexibility index (Phi) is 9.26. The fourth-order valence-electron chi connectivity index (χ4n) is 3.00. The lowest BCUT2D eigenvalue weighted by Crippen LogP contribution is -2.31. The number of amides is 1. The van der Waals surface area contributed by atoms with E-state index in [1.54, 1.807) is 31.3 Å². The van der Waals surface area contributed by atoms with Crippen molar-refractivity contribution in [3.63, 3.8) is 0 Å². The van der Waals surface area contributed by atoms with Crippen LogP contribution in [0.3, 0.4) is 0 Å². The molecule has 0 saturated carbocycles. The Hall–Kier alpha value is -1.60. The van der Waals surface area contributed by atoms with E-state index in [1.165, 1.54) is 0 Å². The Morgan fingerprint density at radius 1 is 1.44 bits per heavy atom. The molecule has 0 aliphatic carbocycles. The van der Waals surface area contributed by atoms with Crippen LogP contribution in [0.25, 0.3) is 0 Å². The van der Waals surface area contributed by atoms with Gasteiger partial charge in [0.15, 0.2) is 0 Å². The first kappa shape index (κ1) is 23.4. The number of hydrogen-bond acceptors (Lipinski definition) is 5. The number of rotatable bonds is 4. The average molecular weight is 435 g/mol. The van der Waals surface area contributed by atoms with Crippen LogP contribution in [0, 0.1) is 6.92 Å². The van der Waals surface area contributed by atoms with Crippen LogP contribution in [0.1, 0.15) is 46.1 Å². The van der Waals surface area contributed by atoms with Gasteiger partial charge in [-0.05, 0) is 50.1 Å². The van der Waals surface area contributed by atoms with E-state index in [-0.39, 0.29) is 42.8 Å².